The minimum absolute atomic E-state index is 0.0935. The maximum Gasteiger partial charge on any atom is 0.220 e. The number of aldehydes is 1. The molecule has 0 aromatic carbocycles. The van der Waals surface area contributed by atoms with Gasteiger partial charge in [0.25, 0.3) is 0 Å². The lowest BCUT2D eigenvalue weighted by molar-refractivity contribution is 0.110. The number of nitrogens with one attached hydrogen (secondary N) is 1. The summed E-state index contributed by atoms with van der Waals surface area (Å²) in [6, 6.07) is 1.46. The molecule has 0 aliphatic rings. The van der Waals surface area contributed by atoms with Gasteiger partial charge in [-0.3, -0.25) is 4.79 Å². The van der Waals surface area contributed by atoms with Crippen LogP contribution in [0.5, 0.6) is 0 Å². The van der Waals surface area contributed by atoms with Gasteiger partial charge in [0.1, 0.15) is 5.53 Å². The molecule has 10 heavy (non-hydrogen) atoms. The van der Waals surface area contributed by atoms with Crippen LogP contribution in [-0.4, -0.2) is 6.29 Å². The van der Waals surface area contributed by atoms with Crippen LogP contribution in [-0.2, 0) is 0 Å². The topological polar surface area (TPSA) is 80.5 Å². The van der Waals surface area contributed by atoms with Gasteiger partial charge in [-0.2, -0.15) is 0 Å². The van der Waals surface area contributed by atoms with Gasteiger partial charge < -0.3 is 4.42 Å². The number of nitrogens with zero attached hydrogens (tertiary/aromatic N) is 2. The summed E-state index contributed by atoms with van der Waals surface area (Å²) < 4.78 is 4.66. The zero-order chi connectivity index (χ0) is 7.40. The van der Waals surface area contributed by atoms with Crippen molar-refractivity contribution in [1.82, 2.24) is 4.91 Å². The molecule has 0 amide bonds. The molecule has 1 N–H and O–H groups in total. The first kappa shape index (κ1) is 6.38. The molecule has 1 aromatic rings. The van der Waals surface area contributed by atoms with Gasteiger partial charge in [0, 0.05) is 6.07 Å². The average molecular weight is 138 g/mol. The fourth-order valence-corrected chi connectivity index (χ4v) is 0.539. The molecule has 1 heterocycles. The monoisotopic (exact) mass is 138 g/mol. The first-order valence-corrected chi connectivity index (χ1v) is 2.48. The van der Waals surface area contributed by atoms with Crippen LogP contribution < -0.4 is 4.91 Å². The first-order valence-electron chi connectivity index (χ1n) is 2.48. The number of rotatable bonds is 2. The highest BCUT2D eigenvalue weighted by atomic mass is 16.3. The van der Waals surface area contributed by atoms with Crippen LogP contribution in [0.25, 0.3) is 0 Å². The normalized spacial score (nSPS) is 8.40. The van der Waals surface area contributed by atoms with E-state index in [-0.39, 0.29) is 11.4 Å². The number of carbonyl (C=O) groups excluding carboxylic acids is 1. The fourth-order valence-electron chi connectivity index (χ4n) is 0.539. The van der Waals surface area contributed by atoms with Crippen LogP contribution in [0, 0.1) is 5.53 Å². The van der Waals surface area contributed by atoms with Gasteiger partial charge in [0.2, 0.25) is 10.6 Å². The molecule has 5 heteroatoms. The first-order chi connectivity index (χ1) is 4.88. The highest BCUT2D eigenvalue weighted by molar-refractivity contribution is 5.78. The molecule has 0 unspecified atom stereocenters. The van der Waals surface area contributed by atoms with Gasteiger partial charge in [0.05, 0.1) is 6.26 Å². The Kier molecular flexibility index (Phi) is 1.72. The van der Waals surface area contributed by atoms with E-state index >= 15 is 0 Å². The van der Waals surface area contributed by atoms with E-state index in [4.69, 9.17) is 5.53 Å². The predicted octanol–water partition coefficient (Wildman–Crippen LogP) is 1.27. The Bertz CT molecular complexity index is 285. The van der Waals surface area contributed by atoms with Crippen LogP contribution in [0.4, 0.5) is 5.69 Å². The van der Waals surface area contributed by atoms with Crippen LogP contribution >= 0.6 is 0 Å². The minimum atomic E-state index is 0.0935. The SMILES string of the molecule is N=[N+]=Nc1ccoc1C=O. The standard InChI is InChI=1S/C5H4N3O2/c6-8-7-4-1-2-10-5(4)3-9/h1-3,6H/q+1. The Labute approximate surface area is 55.9 Å². The molecule has 0 fully saturated rings. The highest BCUT2D eigenvalue weighted by Crippen LogP contribution is 2.16. The summed E-state index contributed by atoms with van der Waals surface area (Å²) in [5, 5.41) is 3.30. The van der Waals surface area contributed by atoms with Gasteiger partial charge in [-0.15, -0.1) is 0 Å². The number of furan rings is 1. The second-order valence-corrected chi connectivity index (χ2v) is 1.49. The third-order valence-corrected chi connectivity index (χ3v) is 0.938. The Morgan fingerprint density at radius 1 is 1.80 bits per heavy atom. The van der Waals surface area contributed by atoms with Crippen molar-refractivity contribution in [3.05, 3.63) is 18.1 Å². The van der Waals surface area contributed by atoms with Gasteiger partial charge in [-0.05, 0) is 0 Å². The van der Waals surface area contributed by atoms with Crippen LogP contribution in [0.2, 0.25) is 0 Å². The van der Waals surface area contributed by atoms with Crippen LogP contribution in [0.1, 0.15) is 10.6 Å². The third-order valence-electron chi connectivity index (χ3n) is 0.938. The quantitative estimate of drug-likeness (QED) is 0.379. The summed E-state index contributed by atoms with van der Waals surface area (Å²) in [4.78, 5) is 12.8. The average Bonchev–Trinajstić information content (AvgIpc) is 2.36. The maximum atomic E-state index is 10.1. The van der Waals surface area contributed by atoms with Crippen LogP contribution in [0.15, 0.2) is 21.9 Å². The molecule has 0 spiro atoms. The van der Waals surface area contributed by atoms with Crippen molar-refractivity contribution in [2.75, 3.05) is 0 Å². The van der Waals surface area contributed by atoms with E-state index in [9.17, 15) is 4.79 Å². The van der Waals surface area contributed by atoms with Crippen molar-refractivity contribution in [1.29, 1.82) is 5.53 Å². The van der Waals surface area contributed by atoms with Crippen molar-refractivity contribution in [3.63, 3.8) is 0 Å². The molecule has 0 aliphatic heterocycles. The van der Waals surface area contributed by atoms with Gasteiger partial charge in [0.15, 0.2) is 17.2 Å². The summed E-state index contributed by atoms with van der Waals surface area (Å²) in [6.07, 6.45) is 1.83. The van der Waals surface area contributed by atoms with Gasteiger partial charge in [-0.25, -0.2) is 0 Å². The van der Waals surface area contributed by atoms with Crippen molar-refractivity contribution in [2.24, 2.45) is 5.11 Å². The lowest BCUT2D eigenvalue weighted by Gasteiger charge is -1.73. The van der Waals surface area contributed by atoms with E-state index < -0.39 is 0 Å². The van der Waals surface area contributed by atoms with E-state index in [1.165, 1.54) is 12.3 Å². The van der Waals surface area contributed by atoms with E-state index in [1.807, 2.05) is 0 Å². The lowest BCUT2D eigenvalue weighted by atomic mass is 10.4. The summed E-state index contributed by atoms with van der Waals surface area (Å²) >= 11 is 0. The number of carbonyl (C=O) groups is 1. The van der Waals surface area contributed by atoms with Crippen molar-refractivity contribution >= 4 is 12.0 Å². The van der Waals surface area contributed by atoms with Crippen LogP contribution in [0.3, 0.4) is 0 Å². The highest BCUT2D eigenvalue weighted by Gasteiger charge is 2.06. The maximum absolute atomic E-state index is 10.1. The summed E-state index contributed by atoms with van der Waals surface area (Å²) in [5.74, 6) is 0.0935. The Balaban J connectivity index is 3.12. The van der Waals surface area contributed by atoms with E-state index in [2.05, 4.69) is 14.4 Å². The summed E-state index contributed by atoms with van der Waals surface area (Å²) in [5.41, 5.74) is 6.63. The van der Waals surface area contributed by atoms with Gasteiger partial charge >= 0.3 is 0 Å². The molecule has 50 valence electrons. The number of hydrogen-bond acceptors (Lipinski definition) is 4. The molecule has 0 saturated carbocycles. The Morgan fingerprint density at radius 2 is 2.60 bits per heavy atom. The van der Waals surface area contributed by atoms with E-state index in [0.717, 1.165) is 0 Å². The molecule has 0 atom stereocenters. The smallest absolute Gasteiger partial charge is 0.220 e. The molecular formula is C5H4N3O2+. The second-order valence-electron chi connectivity index (χ2n) is 1.49. The number of hydrogen-bond donors (Lipinski definition) is 1. The van der Waals surface area contributed by atoms with E-state index in [0.29, 0.717) is 6.29 Å². The molecule has 0 saturated heterocycles. The van der Waals surface area contributed by atoms with Crippen molar-refractivity contribution < 1.29 is 9.21 Å². The molecule has 5 nitrogen and oxygen atoms in total. The lowest BCUT2D eigenvalue weighted by Crippen LogP contribution is -1.71. The molecule has 0 aliphatic carbocycles. The second kappa shape index (κ2) is 2.70. The molecular weight excluding hydrogens is 134 g/mol. The fraction of sp³-hybridized carbons (Fsp3) is 0. The zero-order valence-electron chi connectivity index (χ0n) is 4.94. The molecule has 0 radical (unpaired) electrons. The van der Waals surface area contributed by atoms with Gasteiger partial charge in [-0.1, -0.05) is 0 Å². The molecule has 1 rings (SSSR count). The predicted molar refractivity (Wildman–Crippen MR) is 31.0 cm³/mol. The summed E-state index contributed by atoms with van der Waals surface area (Å²) in [6.45, 7) is 0. The Morgan fingerprint density at radius 3 is 3.20 bits per heavy atom. The van der Waals surface area contributed by atoms with Crippen molar-refractivity contribution in [3.8, 4) is 0 Å². The third kappa shape index (κ3) is 0.985. The minimum Gasteiger partial charge on any atom is -0.459 e. The van der Waals surface area contributed by atoms with Crippen molar-refractivity contribution in [2.45, 2.75) is 0 Å². The molecule has 1 aromatic heterocycles. The molecule has 0 bridgehead atoms. The largest absolute Gasteiger partial charge is 0.459 e. The van der Waals surface area contributed by atoms with E-state index in [1.54, 1.807) is 0 Å². The Hall–Kier alpha value is -1.74. The zero-order valence-corrected chi connectivity index (χ0v) is 4.94. The summed E-state index contributed by atoms with van der Waals surface area (Å²) in [7, 11) is 0.